The lowest BCUT2D eigenvalue weighted by atomic mass is 10.1. The first-order valence-electron chi connectivity index (χ1n) is 5.93. The van der Waals surface area contributed by atoms with Gasteiger partial charge in [-0.1, -0.05) is 5.21 Å². The van der Waals surface area contributed by atoms with Gasteiger partial charge in [0.25, 0.3) is 0 Å². The maximum atomic E-state index is 4.05. The molecule has 1 aromatic heterocycles. The van der Waals surface area contributed by atoms with Gasteiger partial charge < -0.3 is 10.2 Å². The molecule has 2 rings (SSSR count). The van der Waals surface area contributed by atoms with Crippen LogP contribution in [0.25, 0.3) is 0 Å². The molecule has 96 valence electrons. The quantitative estimate of drug-likeness (QED) is 0.892. The zero-order chi connectivity index (χ0) is 13.1. The third-order valence-electron chi connectivity index (χ3n) is 2.84. The third-order valence-corrected chi connectivity index (χ3v) is 2.84. The minimum atomic E-state index is 0.690. The third kappa shape index (κ3) is 2.80. The Kier molecular flexibility index (Phi) is 3.50. The van der Waals surface area contributed by atoms with E-state index >= 15 is 0 Å². The van der Waals surface area contributed by atoms with Gasteiger partial charge >= 0.3 is 0 Å². The molecule has 5 nitrogen and oxygen atoms in total. The van der Waals surface area contributed by atoms with Gasteiger partial charge in [0.2, 0.25) is 0 Å². The lowest BCUT2D eigenvalue weighted by Gasteiger charge is -2.15. The van der Waals surface area contributed by atoms with Gasteiger partial charge in [-0.3, -0.25) is 4.68 Å². The van der Waals surface area contributed by atoms with Gasteiger partial charge in [-0.05, 0) is 30.7 Å². The number of nitrogens with one attached hydrogen (secondary N) is 1. The zero-order valence-electron chi connectivity index (χ0n) is 11.3. The highest BCUT2D eigenvalue weighted by Crippen LogP contribution is 2.21. The maximum absolute atomic E-state index is 4.05. The van der Waals surface area contributed by atoms with Crippen LogP contribution >= 0.6 is 0 Å². The number of hydrogen-bond acceptors (Lipinski definition) is 4. The monoisotopic (exact) mass is 245 g/mol. The lowest BCUT2D eigenvalue weighted by molar-refractivity contribution is 0.713. The van der Waals surface area contributed by atoms with Crippen LogP contribution in [0.3, 0.4) is 0 Å². The summed E-state index contributed by atoms with van der Waals surface area (Å²) in [5.74, 6) is 0. The Balaban J connectivity index is 2.05. The van der Waals surface area contributed by atoms with Crippen molar-refractivity contribution in [2.75, 3.05) is 24.3 Å². The molecular formula is C13H19N5. The van der Waals surface area contributed by atoms with Gasteiger partial charge in [-0.15, -0.1) is 5.10 Å². The van der Waals surface area contributed by atoms with E-state index in [2.05, 4.69) is 45.7 Å². The highest BCUT2D eigenvalue weighted by molar-refractivity contribution is 5.59. The van der Waals surface area contributed by atoms with Crippen LogP contribution < -0.4 is 10.2 Å². The molecule has 0 aliphatic heterocycles. The summed E-state index contributed by atoms with van der Waals surface area (Å²) >= 11 is 0. The molecule has 0 spiro atoms. The second kappa shape index (κ2) is 5.08. The van der Waals surface area contributed by atoms with Gasteiger partial charge in [0.05, 0.1) is 6.54 Å². The number of rotatable bonds is 4. The first-order chi connectivity index (χ1) is 8.56. The second-order valence-electron chi connectivity index (χ2n) is 4.63. The Hall–Kier alpha value is -2.04. The SMILES string of the molecule is Cc1cc(N(C)C)ccc1NCc1cn(C)nn1. The molecule has 5 heteroatoms. The first kappa shape index (κ1) is 12.4. The second-order valence-corrected chi connectivity index (χ2v) is 4.63. The molecule has 0 radical (unpaired) electrons. The average Bonchev–Trinajstić information content (AvgIpc) is 2.73. The Morgan fingerprint density at radius 2 is 2.11 bits per heavy atom. The van der Waals surface area contributed by atoms with E-state index in [0.717, 1.165) is 11.4 Å². The molecule has 0 saturated carbocycles. The van der Waals surface area contributed by atoms with Crippen LogP contribution in [0.15, 0.2) is 24.4 Å². The van der Waals surface area contributed by atoms with Crippen LogP contribution in [0, 0.1) is 6.92 Å². The minimum absolute atomic E-state index is 0.690. The van der Waals surface area contributed by atoms with Crippen molar-refractivity contribution >= 4 is 11.4 Å². The summed E-state index contributed by atoms with van der Waals surface area (Å²) in [6, 6.07) is 6.37. The number of aromatic nitrogens is 3. The van der Waals surface area contributed by atoms with Gasteiger partial charge in [0.15, 0.2) is 0 Å². The summed E-state index contributed by atoms with van der Waals surface area (Å²) in [5, 5.41) is 11.3. The van der Waals surface area contributed by atoms with Crippen molar-refractivity contribution < 1.29 is 0 Å². The number of aryl methyl sites for hydroxylation is 2. The molecule has 0 amide bonds. The van der Waals surface area contributed by atoms with Gasteiger partial charge in [0, 0.05) is 38.7 Å². The number of anilines is 2. The largest absolute Gasteiger partial charge is 0.379 e. The highest BCUT2D eigenvalue weighted by atomic mass is 15.4. The van der Waals surface area contributed by atoms with E-state index in [0.29, 0.717) is 6.54 Å². The normalized spacial score (nSPS) is 10.4. The van der Waals surface area contributed by atoms with Crippen LogP contribution in [0.1, 0.15) is 11.3 Å². The molecule has 0 fully saturated rings. The molecular weight excluding hydrogens is 226 g/mol. The van der Waals surface area contributed by atoms with Crippen LogP contribution in [0.5, 0.6) is 0 Å². The predicted octanol–water partition coefficient (Wildman–Crippen LogP) is 1.80. The van der Waals surface area contributed by atoms with Crippen molar-refractivity contribution in [1.82, 2.24) is 15.0 Å². The lowest BCUT2D eigenvalue weighted by Crippen LogP contribution is -2.09. The highest BCUT2D eigenvalue weighted by Gasteiger charge is 2.03. The van der Waals surface area contributed by atoms with E-state index in [-0.39, 0.29) is 0 Å². The topological polar surface area (TPSA) is 46.0 Å². The van der Waals surface area contributed by atoms with Crippen LogP contribution in [-0.4, -0.2) is 29.1 Å². The molecule has 1 N–H and O–H groups in total. The Morgan fingerprint density at radius 3 is 2.67 bits per heavy atom. The summed E-state index contributed by atoms with van der Waals surface area (Å²) in [6.45, 7) is 2.79. The molecule has 1 heterocycles. The fourth-order valence-electron chi connectivity index (χ4n) is 1.79. The zero-order valence-corrected chi connectivity index (χ0v) is 11.3. The van der Waals surface area contributed by atoms with Crippen molar-refractivity contribution in [2.24, 2.45) is 7.05 Å². The standard InChI is InChI=1S/C13H19N5/c1-10-7-12(17(2)3)5-6-13(10)14-8-11-9-18(4)16-15-11/h5-7,9,14H,8H2,1-4H3. The Bertz CT molecular complexity index is 530. The molecule has 0 bridgehead atoms. The molecule has 1 aromatic carbocycles. The summed E-state index contributed by atoms with van der Waals surface area (Å²) < 4.78 is 1.71. The molecule has 0 saturated heterocycles. The Labute approximate surface area is 107 Å². The number of nitrogens with zero attached hydrogens (tertiary/aromatic N) is 4. The number of benzene rings is 1. The summed E-state index contributed by atoms with van der Waals surface area (Å²) in [4.78, 5) is 2.10. The van der Waals surface area contributed by atoms with E-state index in [4.69, 9.17) is 0 Å². The van der Waals surface area contributed by atoms with Crippen molar-refractivity contribution in [3.05, 3.63) is 35.7 Å². The van der Waals surface area contributed by atoms with Gasteiger partial charge in [-0.25, -0.2) is 0 Å². The van der Waals surface area contributed by atoms with Crippen molar-refractivity contribution in [3.8, 4) is 0 Å². The van der Waals surface area contributed by atoms with E-state index in [1.54, 1.807) is 4.68 Å². The van der Waals surface area contributed by atoms with E-state index in [9.17, 15) is 0 Å². The van der Waals surface area contributed by atoms with Crippen molar-refractivity contribution in [1.29, 1.82) is 0 Å². The van der Waals surface area contributed by atoms with Gasteiger partial charge in [-0.2, -0.15) is 0 Å². The smallest absolute Gasteiger partial charge is 0.102 e. The van der Waals surface area contributed by atoms with Crippen molar-refractivity contribution in [3.63, 3.8) is 0 Å². The molecule has 0 aliphatic carbocycles. The van der Waals surface area contributed by atoms with Crippen LogP contribution in [-0.2, 0) is 13.6 Å². The molecule has 0 aliphatic rings. The van der Waals surface area contributed by atoms with Crippen molar-refractivity contribution in [2.45, 2.75) is 13.5 Å². The summed E-state index contributed by atoms with van der Waals surface area (Å²) in [6.07, 6.45) is 1.91. The van der Waals surface area contributed by atoms with Crippen LogP contribution in [0.4, 0.5) is 11.4 Å². The molecule has 0 atom stereocenters. The molecule has 0 unspecified atom stereocenters. The average molecular weight is 245 g/mol. The molecule has 2 aromatic rings. The minimum Gasteiger partial charge on any atom is -0.379 e. The molecule has 18 heavy (non-hydrogen) atoms. The summed E-state index contributed by atoms with van der Waals surface area (Å²) in [5.41, 5.74) is 4.50. The Morgan fingerprint density at radius 1 is 1.33 bits per heavy atom. The van der Waals surface area contributed by atoms with E-state index < -0.39 is 0 Å². The van der Waals surface area contributed by atoms with E-state index in [1.807, 2.05) is 27.3 Å². The predicted molar refractivity (Wildman–Crippen MR) is 73.8 cm³/mol. The maximum Gasteiger partial charge on any atom is 0.102 e. The fraction of sp³-hybridized carbons (Fsp3) is 0.385. The van der Waals surface area contributed by atoms with Crippen LogP contribution in [0.2, 0.25) is 0 Å². The summed E-state index contributed by atoms with van der Waals surface area (Å²) in [7, 11) is 5.95. The van der Waals surface area contributed by atoms with E-state index in [1.165, 1.54) is 11.3 Å². The van der Waals surface area contributed by atoms with Gasteiger partial charge in [0.1, 0.15) is 5.69 Å². The first-order valence-corrected chi connectivity index (χ1v) is 5.93. The number of hydrogen-bond donors (Lipinski definition) is 1. The fourth-order valence-corrected chi connectivity index (χ4v) is 1.79.